The third-order valence-electron chi connectivity index (χ3n) is 3.48. The van der Waals surface area contributed by atoms with Gasteiger partial charge in [-0.15, -0.1) is 0 Å². The molecule has 1 atom stereocenters. The molecule has 1 aromatic rings. The molecular weight excluding hydrogens is 254 g/mol. The van der Waals surface area contributed by atoms with E-state index in [1.807, 2.05) is 25.2 Å². The van der Waals surface area contributed by atoms with E-state index in [0.29, 0.717) is 12.1 Å². The van der Waals surface area contributed by atoms with Crippen molar-refractivity contribution in [3.05, 3.63) is 29.3 Å². The van der Waals surface area contributed by atoms with Crippen LogP contribution in [-0.4, -0.2) is 36.6 Å². The summed E-state index contributed by atoms with van der Waals surface area (Å²) in [4.78, 5) is 17.6. The molecule has 0 spiro atoms. The largest absolute Gasteiger partial charge is 0.388 e. The number of nitrogens with zero attached hydrogens (tertiary/aromatic N) is 2. The zero-order chi connectivity index (χ0) is 14.9. The Kier molecular flexibility index (Phi) is 3.74. The highest BCUT2D eigenvalue weighted by molar-refractivity contribution is 6.01. The highest BCUT2D eigenvalue weighted by Crippen LogP contribution is 2.29. The van der Waals surface area contributed by atoms with Gasteiger partial charge >= 0.3 is 0 Å². The minimum absolute atomic E-state index is 0.0409. The highest BCUT2D eigenvalue weighted by atomic mass is 16.2. The zero-order valence-corrected chi connectivity index (χ0v) is 11.9. The van der Waals surface area contributed by atoms with Gasteiger partial charge in [-0.1, -0.05) is 12.1 Å². The topological polar surface area (TPSA) is 94.6 Å². The molecule has 0 unspecified atom stereocenters. The van der Waals surface area contributed by atoms with Crippen LogP contribution in [0.3, 0.4) is 0 Å². The van der Waals surface area contributed by atoms with Crippen molar-refractivity contribution in [3.63, 3.8) is 0 Å². The molecule has 6 heteroatoms. The van der Waals surface area contributed by atoms with Crippen LogP contribution < -0.4 is 11.1 Å². The fourth-order valence-corrected chi connectivity index (χ4v) is 2.22. The van der Waals surface area contributed by atoms with Gasteiger partial charge in [-0.25, -0.2) is 4.99 Å². The summed E-state index contributed by atoms with van der Waals surface area (Å²) in [7, 11) is 3.43. The van der Waals surface area contributed by atoms with Gasteiger partial charge in [0.25, 0.3) is 0 Å². The predicted octanol–water partition coefficient (Wildman–Crippen LogP) is 1.33. The lowest BCUT2D eigenvalue weighted by Gasteiger charge is -2.26. The van der Waals surface area contributed by atoms with Gasteiger partial charge in [0.15, 0.2) is 5.96 Å². The van der Waals surface area contributed by atoms with Crippen molar-refractivity contribution in [3.8, 4) is 0 Å². The van der Waals surface area contributed by atoms with Crippen molar-refractivity contribution >= 4 is 23.3 Å². The molecule has 0 bridgehead atoms. The van der Waals surface area contributed by atoms with Crippen molar-refractivity contribution in [1.29, 1.82) is 5.41 Å². The number of hydrogen-bond donors (Lipinski definition) is 3. The number of aliphatic imine (C=N–C) groups is 1. The lowest BCUT2D eigenvalue weighted by Crippen LogP contribution is -2.42. The molecule has 1 amide bonds. The third-order valence-corrected chi connectivity index (χ3v) is 3.48. The Hall–Kier alpha value is -2.37. The minimum atomic E-state index is -0.258. The van der Waals surface area contributed by atoms with Crippen LogP contribution in [0.4, 0.5) is 5.69 Å². The predicted molar refractivity (Wildman–Crippen MR) is 80.2 cm³/mol. The molecule has 0 radical (unpaired) electrons. The average molecular weight is 273 g/mol. The quantitative estimate of drug-likeness (QED) is 0.725. The molecule has 20 heavy (non-hydrogen) atoms. The van der Waals surface area contributed by atoms with Crippen LogP contribution in [-0.2, 0) is 4.79 Å². The van der Waals surface area contributed by atoms with Crippen molar-refractivity contribution < 1.29 is 4.79 Å². The molecular formula is C14H19N5O. The Balaban J connectivity index is 2.39. The maximum Gasteiger partial charge on any atom is 0.231 e. The number of rotatable bonds is 3. The second kappa shape index (κ2) is 5.32. The van der Waals surface area contributed by atoms with Crippen molar-refractivity contribution in [2.75, 3.05) is 19.4 Å². The zero-order valence-electron chi connectivity index (χ0n) is 11.9. The Morgan fingerprint density at radius 1 is 1.55 bits per heavy atom. The Morgan fingerprint density at radius 3 is 2.80 bits per heavy atom. The van der Waals surface area contributed by atoms with Crippen LogP contribution >= 0.6 is 0 Å². The first-order valence-electron chi connectivity index (χ1n) is 6.41. The van der Waals surface area contributed by atoms with Crippen LogP contribution in [0.25, 0.3) is 0 Å². The molecule has 4 N–H and O–H groups in total. The standard InChI is InChI=1S/C14H19N5O/c1-8(15)10-5-4-9(6-12(10)17-2)11-7-13(20)19(3)14(16)18-11/h4-6,11,15,17H,7H2,1-3H3,(H2,16,18)/t11-/m0/s1. The molecule has 0 fully saturated rings. The van der Waals surface area contributed by atoms with Crippen LogP contribution in [0.1, 0.15) is 30.5 Å². The van der Waals surface area contributed by atoms with Gasteiger partial charge in [-0.3, -0.25) is 9.69 Å². The summed E-state index contributed by atoms with van der Waals surface area (Å²) >= 11 is 0. The lowest BCUT2D eigenvalue weighted by molar-refractivity contribution is -0.127. The maximum atomic E-state index is 11.8. The number of nitrogens with two attached hydrogens (primary N) is 1. The van der Waals surface area contributed by atoms with E-state index in [2.05, 4.69) is 10.3 Å². The van der Waals surface area contributed by atoms with Crippen LogP contribution in [0.2, 0.25) is 0 Å². The van der Waals surface area contributed by atoms with E-state index in [1.54, 1.807) is 14.0 Å². The summed E-state index contributed by atoms with van der Waals surface area (Å²) in [5.74, 6) is 0.199. The molecule has 1 aliphatic heterocycles. The summed E-state index contributed by atoms with van der Waals surface area (Å²) in [5.41, 5.74) is 8.86. The van der Waals surface area contributed by atoms with E-state index in [9.17, 15) is 4.79 Å². The smallest absolute Gasteiger partial charge is 0.231 e. The normalized spacial score (nSPS) is 18.8. The highest BCUT2D eigenvalue weighted by Gasteiger charge is 2.26. The number of amides is 1. The van der Waals surface area contributed by atoms with E-state index < -0.39 is 0 Å². The Labute approximate surface area is 118 Å². The number of hydrogen-bond acceptors (Lipinski definition) is 5. The Morgan fingerprint density at radius 2 is 2.25 bits per heavy atom. The van der Waals surface area contributed by atoms with Gasteiger partial charge in [-0.2, -0.15) is 0 Å². The van der Waals surface area contributed by atoms with E-state index in [-0.39, 0.29) is 17.9 Å². The van der Waals surface area contributed by atoms with Crippen LogP contribution in [0.5, 0.6) is 0 Å². The number of guanidine groups is 1. The van der Waals surface area contributed by atoms with Crippen LogP contribution in [0.15, 0.2) is 23.2 Å². The summed E-state index contributed by atoms with van der Waals surface area (Å²) in [6.07, 6.45) is 0.309. The lowest BCUT2D eigenvalue weighted by atomic mass is 9.98. The summed E-state index contributed by atoms with van der Waals surface area (Å²) < 4.78 is 0. The maximum absolute atomic E-state index is 11.8. The fraction of sp³-hybridized carbons (Fsp3) is 0.357. The monoisotopic (exact) mass is 273 g/mol. The molecule has 0 aliphatic carbocycles. The van der Waals surface area contributed by atoms with E-state index in [4.69, 9.17) is 11.1 Å². The molecule has 6 nitrogen and oxygen atoms in total. The van der Waals surface area contributed by atoms with Gasteiger partial charge in [-0.05, 0) is 18.6 Å². The first-order chi connectivity index (χ1) is 9.43. The second-order valence-electron chi connectivity index (χ2n) is 4.84. The second-order valence-corrected chi connectivity index (χ2v) is 4.84. The molecule has 1 aliphatic rings. The molecule has 106 valence electrons. The number of carbonyl (C=O) groups excluding carboxylic acids is 1. The summed E-state index contributed by atoms with van der Waals surface area (Å²) in [6, 6.07) is 5.44. The molecule has 1 aromatic carbocycles. The van der Waals surface area contributed by atoms with Gasteiger partial charge in [0.2, 0.25) is 5.91 Å². The van der Waals surface area contributed by atoms with Crippen molar-refractivity contribution in [1.82, 2.24) is 4.90 Å². The first kappa shape index (κ1) is 14.0. The van der Waals surface area contributed by atoms with E-state index in [1.165, 1.54) is 4.90 Å². The molecule has 0 saturated carbocycles. The summed E-state index contributed by atoms with van der Waals surface area (Å²) in [5, 5.41) is 10.8. The van der Waals surface area contributed by atoms with Crippen molar-refractivity contribution in [2.24, 2.45) is 10.7 Å². The molecule has 0 saturated heterocycles. The SMILES string of the molecule is CNc1cc([C@@H]2CC(=O)N(C)C(N)=N2)ccc1C(C)=N. The number of anilines is 1. The number of benzene rings is 1. The van der Waals surface area contributed by atoms with E-state index >= 15 is 0 Å². The fourth-order valence-electron chi connectivity index (χ4n) is 2.22. The van der Waals surface area contributed by atoms with Gasteiger partial charge in [0.05, 0.1) is 12.5 Å². The van der Waals surface area contributed by atoms with Crippen LogP contribution in [0, 0.1) is 5.41 Å². The summed E-state index contributed by atoms with van der Waals surface area (Å²) in [6.45, 7) is 1.74. The number of nitrogens with one attached hydrogen (secondary N) is 2. The average Bonchev–Trinajstić information content (AvgIpc) is 2.43. The Bertz CT molecular complexity index is 593. The number of carbonyl (C=O) groups is 1. The third kappa shape index (κ3) is 2.49. The molecule has 2 rings (SSSR count). The van der Waals surface area contributed by atoms with E-state index in [0.717, 1.165) is 16.8 Å². The van der Waals surface area contributed by atoms with Gasteiger partial charge in [0.1, 0.15) is 0 Å². The first-order valence-corrected chi connectivity index (χ1v) is 6.41. The minimum Gasteiger partial charge on any atom is -0.388 e. The van der Waals surface area contributed by atoms with Gasteiger partial charge in [0, 0.05) is 31.1 Å². The molecule has 1 heterocycles. The van der Waals surface area contributed by atoms with Gasteiger partial charge < -0.3 is 16.5 Å². The van der Waals surface area contributed by atoms with Crippen molar-refractivity contribution in [2.45, 2.75) is 19.4 Å². The molecule has 0 aromatic heterocycles.